The molecule has 92 valence electrons. The number of sulfonamides is 1. The smallest absolute Gasteiger partial charge is 0.213 e. The molecule has 16 heavy (non-hydrogen) atoms. The maximum atomic E-state index is 11.5. The van der Waals surface area contributed by atoms with Gasteiger partial charge in [-0.05, 0) is 14.0 Å². The highest BCUT2D eigenvalue weighted by molar-refractivity contribution is 7.89. The van der Waals surface area contributed by atoms with E-state index in [1.807, 2.05) is 20.2 Å². The van der Waals surface area contributed by atoms with Crippen LogP contribution < -0.4 is 10.0 Å². The molecule has 6 nitrogen and oxygen atoms in total. The Morgan fingerprint density at radius 1 is 1.50 bits per heavy atom. The number of nitrogens with one attached hydrogen (secondary N) is 2. The molecule has 0 aliphatic carbocycles. The van der Waals surface area contributed by atoms with Gasteiger partial charge < -0.3 is 5.32 Å². The fourth-order valence-corrected chi connectivity index (χ4v) is 2.31. The number of hydrogen-bond donors (Lipinski definition) is 2. The van der Waals surface area contributed by atoms with Gasteiger partial charge in [-0.1, -0.05) is 0 Å². The van der Waals surface area contributed by atoms with Crippen LogP contribution in [-0.4, -0.2) is 37.5 Å². The van der Waals surface area contributed by atoms with Crippen molar-refractivity contribution in [1.82, 2.24) is 19.8 Å². The molecule has 0 atom stereocenters. The van der Waals surface area contributed by atoms with E-state index in [0.717, 1.165) is 11.3 Å². The summed E-state index contributed by atoms with van der Waals surface area (Å²) in [6.45, 7) is 2.60. The number of aromatic nitrogens is 2. The molecule has 1 aromatic heterocycles. The molecular weight excluding hydrogens is 228 g/mol. The average Bonchev–Trinajstić information content (AvgIpc) is 2.52. The quantitative estimate of drug-likeness (QED) is 0.700. The van der Waals surface area contributed by atoms with E-state index in [9.17, 15) is 8.42 Å². The molecule has 0 aromatic carbocycles. The van der Waals surface area contributed by atoms with Crippen LogP contribution in [0.3, 0.4) is 0 Å². The predicted octanol–water partition coefficient (Wildman–Crippen LogP) is -0.633. The molecule has 0 saturated heterocycles. The van der Waals surface area contributed by atoms with Gasteiger partial charge in [0.2, 0.25) is 10.0 Å². The third kappa shape index (κ3) is 3.92. The molecule has 7 heteroatoms. The maximum absolute atomic E-state index is 11.5. The monoisotopic (exact) mass is 246 g/mol. The SMILES string of the molecule is CNCCS(=O)(=O)NCc1cn(C)nc1C. The summed E-state index contributed by atoms with van der Waals surface area (Å²) in [7, 11) is 0.336. The standard InChI is InChI=1S/C9H18N4O2S/c1-8-9(7-13(3)12-8)6-11-16(14,15)5-4-10-2/h7,10-11H,4-6H2,1-3H3. The highest BCUT2D eigenvalue weighted by Gasteiger charge is 2.10. The number of nitrogens with zero attached hydrogens (tertiary/aromatic N) is 2. The van der Waals surface area contributed by atoms with Gasteiger partial charge in [0.1, 0.15) is 0 Å². The van der Waals surface area contributed by atoms with Crippen molar-refractivity contribution in [3.05, 3.63) is 17.5 Å². The maximum Gasteiger partial charge on any atom is 0.213 e. The molecule has 0 amide bonds. The van der Waals surface area contributed by atoms with E-state index in [1.165, 1.54) is 0 Å². The number of rotatable bonds is 6. The minimum atomic E-state index is -3.20. The molecule has 0 fully saturated rings. The molecule has 0 radical (unpaired) electrons. The summed E-state index contributed by atoms with van der Waals surface area (Å²) in [6.07, 6.45) is 1.82. The molecule has 0 saturated carbocycles. The van der Waals surface area contributed by atoms with Crippen molar-refractivity contribution in [3.63, 3.8) is 0 Å². The van der Waals surface area contributed by atoms with Gasteiger partial charge in [-0.2, -0.15) is 5.10 Å². The first-order valence-corrected chi connectivity index (χ1v) is 6.71. The lowest BCUT2D eigenvalue weighted by Crippen LogP contribution is -2.30. The predicted molar refractivity (Wildman–Crippen MR) is 62.5 cm³/mol. The molecule has 0 aliphatic rings. The van der Waals surface area contributed by atoms with E-state index in [0.29, 0.717) is 13.1 Å². The summed E-state index contributed by atoms with van der Waals surface area (Å²) < 4.78 is 27.2. The third-order valence-corrected chi connectivity index (χ3v) is 3.54. The van der Waals surface area contributed by atoms with Crippen LogP contribution in [0.5, 0.6) is 0 Å². The highest BCUT2D eigenvalue weighted by Crippen LogP contribution is 2.04. The van der Waals surface area contributed by atoms with Crippen LogP contribution >= 0.6 is 0 Å². The zero-order chi connectivity index (χ0) is 12.2. The fraction of sp³-hybridized carbons (Fsp3) is 0.667. The van der Waals surface area contributed by atoms with Crippen molar-refractivity contribution in [2.24, 2.45) is 7.05 Å². The normalized spacial score (nSPS) is 11.9. The van der Waals surface area contributed by atoms with Crippen molar-refractivity contribution in [3.8, 4) is 0 Å². The first-order valence-electron chi connectivity index (χ1n) is 5.05. The number of aryl methyl sites for hydroxylation is 2. The first kappa shape index (κ1) is 13.1. The van der Waals surface area contributed by atoms with Crippen molar-refractivity contribution < 1.29 is 8.42 Å². The van der Waals surface area contributed by atoms with Crippen LogP contribution in [0.15, 0.2) is 6.20 Å². The van der Waals surface area contributed by atoms with Crippen LogP contribution in [0.25, 0.3) is 0 Å². The van der Waals surface area contributed by atoms with Crippen LogP contribution in [0.2, 0.25) is 0 Å². The Kier molecular flexibility index (Phi) is 4.45. The van der Waals surface area contributed by atoms with E-state index >= 15 is 0 Å². The van der Waals surface area contributed by atoms with E-state index in [1.54, 1.807) is 11.7 Å². The summed E-state index contributed by atoms with van der Waals surface area (Å²) in [5.74, 6) is 0.0861. The fourth-order valence-electron chi connectivity index (χ4n) is 1.32. The van der Waals surface area contributed by atoms with Gasteiger partial charge in [-0.25, -0.2) is 13.1 Å². The number of hydrogen-bond acceptors (Lipinski definition) is 4. The first-order chi connectivity index (χ1) is 7.44. The van der Waals surface area contributed by atoms with Crippen LogP contribution in [0.1, 0.15) is 11.3 Å². The van der Waals surface area contributed by atoms with E-state index in [4.69, 9.17) is 0 Å². The lowest BCUT2D eigenvalue weighted by molar-refractivity contribution is 0.579. The Balaban J connectivity index is 2.54. The molecule has 1 rings (SSSR count). The third-order valence-electron chi connectivity index (χ3n) is 2.22. The molecule has 0 aliphatic heterocycles. The molecule has 1 aromatic rings. The largest absolute Gasteiger partial charge is 0.319 e. The van der Waals surface area contributed by atoms with Gasteiger partial charge in [0.15, 0.2) is 0 Å². The lowest BCUT2D eigenvalue weighted by Gasteiger charge is -2.05. The zero-order valence-electron chi connectivity index (χ0n) is 9.82. The topological polar surface area (TPSA) is 76.0 Å². The molecule has 0 spiro atoms. The highest BCUT2D eigenvalue weighted by atomic mass is 32.2. The second-order valence-electron chi connectivity index (χ2n) is 3.66. The second-order valence-corrected chi connectivity index (χ2v) is 5.58. The summed E-state index contributed by atoms with van der Waals surface area (Å²) in [6, 6.07) is 0. The van der Waals surface area contributed by atoms with Crippen LogP contribution in [-0.2, 0) is 23.6 Å². The summed E-state index contributed by atoms with van der Waals surface area (Å²) in [5, 5.41) is 6.95. The minimum Gasteiger partial charge on any atom is -0.319 e. The van der Waals surface area contributed by atoms with Crippen molar-refractivity contribution >= 4 is 10.0 Å². The minimum absolute atomic E-state index is 0.0861. The van der Waals surface area contributed by atoms with E-state index < -0.39 is 10.0 Å². The van der Waals surface area contributed by atoms with Crippen molar-refractivity contribution in [1.29, 1.82) is 0 Å². The molecular formula is C9H18N4O2S. The summed E-state index contributed by atoms with van der Waals surface area (Å²) in [4.78, 5) is 0. The lowest BCUT2D eigenvalue weighted by atomic mass is 10.3. The Bertz CT molecular complexity index is 438. The molecule has 1 heterocycles. The second kappa shape index (κ2) is 5.42. The van der Waals surface area contributed by atoms with Crippen molar-refractivity contribution in [2.45, 2.75) is 13.5 Å². The van der Waals surface area contributed by atoms with Crippen LogP contribution in [0.4, 0.5) is 0 Å². The zero-order valence-corrected chi connectivity index (χ0v) is 10.6. The van der Waals surface area contributed by atoms with Gasteiger partial charge >= 0.3 is 0 Å². The van der Waals surface area contributed by atoms with E-state index in [2.05, 4.69) is 15.1 Å². The Morgan fingerprint density at radius 2 is 2.19 bits per heavy atom. The molecule has 0 unspecified atom stereocenters. The average molecular weight is 246 g/mol. The van der Waals surface area contributed by atoms with Gasteiger partial charge in [0, 0.05) is 31.9 Å². The Hall–Kier alpha value is -0.920. The van der Waals surface area contributed by atoms with Crippen LogP contribution in [0, 0.1) is 6.92 Å². The Labute approximate surface area is 96.1 Å². The van der Waals surface area contributed by atoms with Gasteiger partial charge in [-0.3, -0.25) is 4.68 Å². The van der Waals surface area contributed by atoms with Gasteiger partial charge in [0.25, 0.3) is 0 Å². The van der Waals surface area contributed by atoms with Gasteiger partial charge in [-0.15, -0.1) is 0 Å². The van der Waals surface area contributed by atoms with Crippen molar-refractivity contribution in [2.75, 3.05) is 19.3 Å². The Morgan fingerprint density at radius 3 is 2.69 bits per heavy atom. The summed E-state index contributed by atoms with van der Waals surface area (Å²) >= 11 is 0. The molecule has 2 N–H and O–H groups in total. The van der Waals surface area contributed by atoms with Gasteiger partial charge in [0.05, 0.1) is 11.4 Å². The summed E-state index contributed by atoms with van der Waals surface area (Å²) in [5.41, 5.74) is 1.74. The van der Waals surface area contributed by atoms with E-state index in [-0.39, 0.29) is 5.75 Å². The molecule has 0 bridgehead atoms.